The summed E-state index contributed by atoms with van der Waals surface area (Å²) in [5.74, 6) is 0.00277. The maximum atomic E-state index is 12.1. The third kappa shape index (κ3) is 6.42. The molecule has 0 fully saturated rings. The van der Waals surface area contributed by atoms with Crippen LogP contribution in [0.1, 0.15) is 36.0 Å². The van der Waals surface area contributed by atoms with Gasteiger partial charge in [0.05, 0.1) is 5.56 Å². The summed E-state index contributed by atoms with van der Waals surface area (Å²) in [4.78, 5) is 12.1. The Balaban J connectivity index is 2.46. The van der Waals surface area contributed by atoms with Crippen molar-refractivity contribution >= 4 is 73.7 Å². The molecule has 0 unspecified atom stereocenters. The standard InChI is InChI=1S/C13H16I3NO2/c14-9-7-10(12(16)11(15)8-9)13(19)17-5-3-1-2-4-6-18/h7-8,18H,1-6H2,(H,17,19). The zero-order valence-corrected chi connectivity index (χ0v) is 16.9. The van der Waals surface area contributed by atoms with E-state index in [4.69, 9.17) is 5.11 Å². The van der Waals surface area contributed by atoms with Crippen LogP contribution in [0.2, 0.25) is 0 Å². The smallest absolute Gasteiger partial charge is 0.252 e. The van der Waals surface area contributed by atoms with Crippen molar-refractivity contribution in [2.45, 2.75) is 25.7 Å². The topological polar surface area (TPSA) is 49.3 Å². The zero-order chi connectivity index (χ0) is 14.3. The van der Waals surface area contributed by atoms with Crippen LogP contribution in [0.15, 0.2) is 12.1 Å². The normalized spacial score (nSPS) is 10.5. The first-order chi connectivity index (χ1) is 9.06. The van der Waals surface area contributed by atoms with Crippen LogP contribution >= 0.6 is 67.8 Å². The molecule has 106 valence electrons. The molecule has 19 heavy (non-hydrogen) atoms. The van der Waals surface area contributed by atoms with Crippen molar-refractivity contribution in [2.75, 3.05) is 13.2 Å². The monoisotopic (exact) mass is 599 g/mol. The predicted octanol–water partition coefficient (Wildman–Crippen LogP) is 3.78. The summed E-state index contributed by atoms with van der Waals surface area (Å²) in [6.45, 7) is 0.952. The first kappa shape index (κ1) is 17.9. The third-order valence-electron chi connectivity index (χ3n) is 2.61. The number of halogens is 3. The van der Waals surface area contributed by atoms with Gasteiger partial charge in [0.2, 0.25) is 0 Å². The average Bonchev–Trinajstić information content (AvgIpc) is 2.37. The highest BCUT2D eigenvalue weighted by Gasteiger charge is 2.12. The van der Waals surface area contributed by atoms with E-state index in [-0.39, 0.29) is 12.5 Å². The fourth-order valence-corrected chi connectivity index (χ4v) is 4.01. The van der Waals surface area contributed by atoms with Crippen molar-refractivity contribution in [1.82, 2.24) is 5.32 Å². The number of hydrogen-bond acceptors (Lipinski definition) is 2. The number of nitrogens with one attached hydrogen (secondary N) is 1. The molecular weight excluding hydrogens is 583 g/mol. The minimum absolute atomic E-state index is 0.00277. The van der Waals surface area contributed by atoms with Gasteiger partial charge in [0.1, 0.15) is 0 Å². The van der Waals surface area contributed by atoms with Gasteiger partial charge in [-0.25, -0.2) is 0 Å². The van der Waals surface area contributed by atoms with Gasteiger partial charge in [0.25, 0.3) is 5.91 Å². The molecule has 0 aromatic heterocycles. The minimum Gasteiger partial charge on any atom is -0.396 e. The van der Waals surface area contributed by atoms with Gasteiger partial charge in [-0.15, -0.1) is 0 Å². The lowest BCUT2D eigenvalue weighted by atomic mass is 10.2. The molecule has 0 aliphatic heterocycles. The molecule has 1 aromatic rings. The Morgan fingerprint density at radius 2 is 1.79 bits per heavy atom. The number of aliphatic hydroxyl groups is 1. The molecule has 0 aliphatic rings. The summed E-state index contributed by atoms with van der Waals surface area (Å²) in [6.07, 6.45) is 3.87. The Labute approximate surface area is 154 Å². The lowest BCUT2D eigenvalue weighted by Crippen LogP contribution is -2.25. The van der Waals surface area contributed by atoms with Crippen LogP contribution in [0.25, 0.3) is 0 Å². The molecule has 1 amide bonds. The number of benzene rings is 1. The molecule has 0 heterocycles. The average molecular weight is 599 g/mol. The summed E-state index contributed by atoms with van der Waals surface area (Å²) in [6, 6.07) is 3.99. The van der Waals surface area contributed by atoms with Crippen LogP contribution in [-0.4, -0.2) is 24.2 Å². The van der Waals surface area contributed by atoms with Crippen molar-refractivity contribution in [3.63, 3.8) is 0 Å². The molecule has 0 aliphatic carbocycles. The summed E-state index contributed by atoms with van der Waals surface area (Å²) in [7, 11) is 0. The van der Waals surface area contributed by atoms with Gasteiger partial charge in [-0.1, -0.05) is 12.8 Å². The summed E-state index contributed by atoms with van der Waals surface area (Å²) >= 11 is 6.70. The number of hydrogen-bond donors (Lipinski definition) is 2. The van der Waals surface area contributed by atoms with E-state index in [0.29, 0.717) is 6.54 Å². The van der Waals surface area contributed by atoms with Crippen molar-refractivity contribution in [3.8, 4) is 0 Å². The highest BCUT2D eigenvalue weighted by molar-refractivity contribution is 14.1. The number of unbranched alkanes of at least 4 members (excludes halogenated alkanes) is 3. The van der Waals surface area contributed by atoms with Gasteiger partial charge >= 0.3 is 0 Å². The summed E-state index contributed by atoms with van der Waals surface area (Å²) in [5, 5.41) is 11.6. The first-order valence-electron chi connectivity index (χ1n) is 6.10. The van der Waals surface area contributed by atoms with Crippen LogP contribution in [0.3, 0.4) is 0 Å². The SMILES string of the molecule is O=C(NCCCCCCO)c1cc(I)cc(I)c1I. The second-order valence-corrected chi connectivity index (χ2v) is 7.63. The van der Waals surface area contributed by atoms with Gasteiger partial charge in [-0.2, -0.15) is 0 Å². The molecule has 0 radical (unpaired) electrons. The highest BCUT2D eigenvalue weighted by atomic mass is 127. The Hall–Kier alpha value is 0.840. The Morgan fingerprint density at radius 3 is 2.47 bits per heavy atom. The van der Waals surface area contributed by atoms with Gasteiger partial charge in [-0.05, 0) is 92.7 Å². The van der Waals surface area contributed by atoms with Crippen LogP contribution in [0.4, 0.5) is 0 Å². The second kappa shape index (κ2) is 9.72. The lowest BCUT2D eigenvalue weighted by molar-refractivity contribution is 0.0951. The van der Waals surface area contributed by atoms with Crippen molar-refractivity contribution in [2.24, 2.45) is 0 Å². The van der Waals surface area contributed by atoms with Crippen LogP contribution in [-0.2, 0) is 0 Å². The largest absolute Gasteiger partial charge is 0.396 e. The van der Waals surface area contributed by atoms with E-state index in [1.807, 2.05) is 6.07 Å². The quantitative estimate of drug-likeness (QED) is 0.285. The van der Waals surface area contributed by atoms with E-state index in [1.54, 1.807) is 0 Å². The van der Waals surface area contributed by atoms with Crippen LogP contribution < -0.4 is 5.32 Å². The number of rotatable bonds is 7. The second-order valence-electron chi connectivity index (χ2n) is 4.14. The Bertz CT molecular complexity index is 438. The summed E-state index contributed by atoms with van der Waals surface area (Å²) < 4.78 is 3.20. The molecule has 0 saturated carbocycles. The van der Waals surface area contributed by atoms with E-state index < -0.39 is 0 Å². The van der Waals surface area contributed by atoms with Gasteiger partial charge < -0.3 is 10.4 Å². The van der Waals surface area contributed by atoms with E-state index in [2.05, 4.69) is 79.2 Å². The number of carbonyl (C=O) groups excluding carboxylic acids is 1. The summed E-state index contributed by atoms with van der Waals surface area (Å²) in [5.41, 5.74) is 0.757. The van der Waals surface area contributed by atoms with Gasteiger partial charge in [0.15, 0.2) is 0 Å². The molecule has 1 aromatic carbocycles. The third-order valence-corrected chi connectivity index (χ3v) is 6.28. The fraction of sp³-hybridized carbons (Fsp3) is 0.462. The minimum atomic E-state index is 0.00277. The van der Waals surface area contributed by atoms with Gasteiger partial charge in [-0.3, -0.25) is 4.79 Å². The molecule has 3 nitrogen and oxygen atoms in total. The van der Waals surface area contributed by atoms with Gasteiger partial charge in [0, 0.05) is 23.9 Å². The Kier molecular flexibility index (Phi) is 9.15. The van der Waals surface area contributed by atoms with E-state index in [1.165, 1.54) is 0 Å². The lowest BCUT2D eigenvalue weighted by Gasteiger charge is -2.09. The molecule has 2 N–H and O–H groups in total. The number of amides is 1. The van der Waals surface area contributed by atoms with Crippen LogP contribution in [0, 0.1) is 10.7 Å². The molecule has 0 atom stereocenters. The molecule has 0 saturated heterocycles. The first-order valence-corrected chi connectivity index (χ1v) is 9.33. The molecule has 0 bridgehead atoms. The van der Waals surface area contributed by atoms with E-state index in [9.17, 15) is 4.79 Å². The molecular formula is C13H16I3NO2. The Morgan fingerprint density at radius 1 is 1.11 bits per heavy atom. The van der Waals surface area contributed by atoms with E-state index in [0.717, 1.165) is 42.0 Å². The highest BCUT2D eigenvalue weighted by Crippen LogP contribution is 2.22. The van der Waals surface area contributed by atoms with Crippen molar-refractivity contribution in [3.05, 3.63) is 28.4 Å². The molecule has 6 heteroatoms. The maximum absolute atomic E-state index is 12.1. The van der Waals surface area contributed by atoms with E-state index >= 15 is 0 Å². The predicted molar refractivity (Wildman–Crippen MR) is 102 cm³/mol. The number of carbonyl (C=O) groups is 1. The molecule has 1 rings (SSSR count). The maximum Gasteiger partial charge on any atom is 0.252 e. The zero-order valence-electron chi connectivity index (χ0n) is 10.4. The fourth-order valence-electron chi connectivity index (χ4n) is 1.61. The van der Waals surface area contributed by atoms with Crippen LogP contribution in [0.5, 0.6) is 0 Å². The van der Waals surface area contributed by atoms with Crippen molar-refractivity contribution in [1.29, 1.82) is 0 Å². The van der Waals surface area contributed by atoms with Crippen molar-refractivity contribution < 1.29 is 9.90 Å². The molecule has 0 spiro atoms. The number of aliphatic hydroxyl groups excluding tert-OH is 1.